The third-order valence-corrected chi connectivity index (χ3v) is 13.2. The highest BCUT2D eigenvalue weighted by molar-refractivity contribution is 5.79. The zero-order valence-corrected chi connectivity index (χ0v) is 30.8. The SMILES string of the molecule is C=C(CC)C(C)CCC1CC(CC2OC(CC(O)CO)[C@H](OC)C2CC(=O)CC2CCC3O[C@@H]4C5O[C@H](CCOC5[C@H]3O2)C4O)C(=C)[C@H](C)C1. The van der Waals surface area contributed by atoms with E-state index in [4.69, 9.17) is 28.4 Å². The number of Topliss-reactive ketones (excluding diaryl/α,β-unsaturated/α-hetero) is 1. The van der Waals surface area contributed by atoms with Crippen molar-refractivity contribution in [2.24, 2.45) is 29.6 Å². The molecule has 5 aliphatic heterocycles. The Balaban J connectivity index is 1.11. The maximum absolute atomic E-state index is 13.9. The summed E-state index contributed by atoms with van der Waals surface area (Å²) in [5.74, 6) is 1.73. The molecule has 6 aliphatic rings. The Labute approximate surface area is 299 Å². The van der Waals surface area contributed by atoms with Crippen LogP contribution in [0.5, 0.6) is 0 Å². The summed E-state index contributed by atoms with van der Waals surface area (Å²) >= 11 is 0. The number of allylic oxidation sites excluding steroid dienone is 2. The van der Waals surface area contributed by atoms with Gasteiger partial charge in [-0.3, -0.25) is 4.79 Å². The van der Waals surface area contributed by atoms with Crippen molar-refractivity contribution in [1.82, 2.24) is 0 Å². The zero-order chi connectivity index (χ0) is 35.7. The van der Waals surface area contributed by atoms with Gasteiger partial charge in [0.25, 0.3) is 0 Å². The van der Waals surface area contributed by atoms with Crippen molar-refractivity contribution in [2.45, 2.75) is 171 Å². The summed E-state index contributed by atoms with van der Waals surface area (Å²) in [4.78, 5) is 13.9. The van der Waals surface area contributed by atoms with E-state index in [-0.39, 0.29) is 92.3 Å². The van der Waals surface area contributed by atoms with Gasteiger partial charge in [-0.05, 0) is 81.5 Å². The average Bonchev–Trinajstić information content (AvgIpc) is 3.47. The molecule has 12 unspecified atom stereocenters. The number of carbonyl (C=O) groups excluding carboxylic acids is 1. The molecule has 50 heavy (non-hydrogen) atoms. The molecule has 3 N–H and O–H groups in total. The summed E-state index contributed by atoms with van der Waals surface area (Å²) in [7, 11) is 1.65. The highest BCUT2D eigenvalue weighted by Crippen LogP contribution is 2.46. The van der Waals surface area contributed by atoms with E-state index in [1.165, 1.54) is 17.6 Å². The first-order chi connectivity index (χ1) is 24.0. The second-order valence-corrected chi connectivity index (χ2v) is 16.5. The molecular weight excluding hydrogens is 640 g/mol. The molecule has 10 nitrogen and oxygen atoms in total. The zero-order valence-electron chi connectivity index (χ0n) is 30.8. The second-order valence-electron chi connectivity index (χ2n) is 16.5. The molecule has 0 spiro atoms. The van der Waals surface area contributed by atoms with Gasteiger partial charge in [-0.25, -0.2) is 0 Å². The van der Waals surface area contributed by atoms with E-state index in [2.05, 4.69) is 33.9 Å². The number of aliphatic hydroxyl groups excluding tert-OH is 3. The minimum atomic E-state index is -0.922. The fraction of sp³-hybridized carbons (Fsp3) is 0.875. The first-order valence-electron chi connectivity index (χ1n) is 19.6. The molecule has 5 heterocycles. The Hall–Kier alpha value is -1.21. The number of carbonyl (C=O) groups is 1. The summed E-state index contributed by atoms with van der Waals surface area (Å²) < 4.78 is 37.9. The predicted octanol–water partition coefficient (Wildman–Crippen LogP) is 4.70. The van der Waals surface area contributed by atoms with Crippen LogP contribution < -0.4 is 0 Å². The minimum Gasteiger partial charge on any atom is -0.394 e. The standard InChI is InChI=1S/C40H64O10/c1-7-21(2)22(3)8-9-25-14-23(4)24(5)26(15-25)16-33-30(36(45-6)34(48-33)19-28(43)20-41)18-27(42)17-29-10-11-32-37(47-29)39-40-38(50-32)35(44)31(49-40)12-13-46-39/h22-23,25-26,28-41,43-44H,2,5,7-20H2,1,3-4,6H3/t22?,23-,25?,26?,28?,29?,30?,31-,32?,33?,34?,35?,36-,37+,38+,39?,40?/m1/s1. The quantitative estimate of drug-likeness (QED) is 0.206. The number of hydrogen-bond acceptors (Lipinski definition) is 10. The Bertz CT molecular complexity index is 1180. The lowest BCUT2D eigenvalue weighted by Gasteiger charge is -2.47. The van der Waals surface area contributed by atoms with Crippen molar-refractivity contribution < 1.29 is 48.5 Å². The number of ether oxygens (including phenoxy) is 6. The topological polar surface area (TPSA) is 133 Å². The monoisotopic (exact) mass is 704 g/mol. The van der Waals surface area contributed by atoms with Crippen LogP contribution in [0.25, 0.3) is 0 Å². The van der Waals surface area contributed by atoms with Gasteiger partial charge in [0.2, 0.25) is 0 Å². The molecule has 0 aromatic carbocycles. The molecular formula is C40H64O10. The van der Waals surface area contributed by atoms with Crippen LogP contribution in [0.1, 0.15) is 97.8 Å². The van der Waals surface area contributed by atoms with Crippen molar-refractivity contribution in [1.29, 1.82) is 0 Å². The molecule has 5 saturated heterocycles. The lowest BCUT2D eigenvalue weighted by Crippen LogP contribution is -2.62. The van der Waals surface area contributed by atoms with Crippen LogP contribution in [0.15, 0.2) is 24.3 Å². The van der Waals surface area contributed by atoms with Crippen molar-refractivity contribution in [3.8, 4) is 0 Å². The lowest BCUT2D eigenvalue weighted by atomic mass is 9.68. The Morgan fingerprint density at radius 1 is 1.00 bits per heavy atom. The van der Waals surface area contributed by atoms with Gasteiger partial charge in [0.15, 0.2) is 0 Å². The maximum atomic E-state index is 13.9. The number of aliphatic hydroxyl groups is 3. The smallest absolute Gasteiger partial charge is 0.135 e. The average molecular weight is 705 g/mol. The van der Waals surface area contributed by atoms with E-state index in [0.717, 1.165) is 38.5 Å². The molecule has 10 heteroatoms. The van der Waals surface area contributed by atoms with Crippen molar-refractivity contribution in [2.75, 3.05) is 20.3 Å². The summed E-state index contributed by atoms with van der Waals surface area (Å²) in [5, 5.41) is 30.8. The fourth-order valence-corrected chi connectivity index (χ4v) is 10.1. The predicted molar refractivity (Wildman–Crippen MR) is 187 cm³/mol. The van der Waals surface area contributed by atoms with Crippen LogP contribution in [0.4, 0.5) is 0 Å². The highest BCUT2D eigenvalue weighted by atomic mass is 16.6. The van der Waals surface area contributed by atoms with E-state index < -0.39 is 24.4 Å². The van der Waals surface area contributed by atoms with Gasteiger partial charge in [0.1, 0.15) is 36.3 Å². The van der Waals surface area contributed by atoms with Crippen molar-refractivity contribution >= 4 is 5.78 Å². The third kappa shape index (κ3) is 8.29. The largest absolute Gasteiger partial charge is 0.394 e. The van der Waals surface area contributed by atoms with Crippen LogP contribution in [-0.4, -0.2) is 115 Å². The summed E-state index contributed by atoms with van der Waals surface area (Å²) in [6, 6.07) is 0. The molecule has 284 valence electrons. The minimum absolute atomic E-state index is 0.0975. The van der Waals surface area contributed by atoms with Gasteiger partial charge in [-0.1, -0.05) is 45.1 Å². The Kier molecular flexibility index (Phi) is 13.0. The number of hydrogen-bond donors (Lipinski definition) is 3. The van der Waals surface area contributed by atoms with E-state index in [9.17, 15) is 20.1 Å². The highest BCUT2D eigenvalue weighted by Gasteiger charge is 2.59. The van der Waals surface area contributed by atoms with E-state index in [1.807, 2.05) is 0 Å². The lowest BCUT2D eigenvalue weighted by molar-refractivity contribution is -0.265. The number of methoxy groups -OCH3 is 1. The Morgan fingerprint density at radius 2 is 1.78 bits per heavy atom. The molecule has 1 aliphatic carbocycles. The fourth-order valence-electron chi connectivity index (χ4n) is 10.1. The molecule has 17 atom stereocenters. The van der Waals surface area contributed by atoms with Gasteiger partial charge >= 0.3 is 0 Å². The maximum Gasteiger partial charge on any atom is 0.135 e. The molecule has 0 amide bonds. The number of ketones is 1. The van der Waals surface area contributed by atoms with Crippen LogP contribution in [0.3, 0.4) is 0 Å². The third-order valence-electron chi connectivity index (χ3n) is 13.2. The van der Waals surface area contributed by atoms with Gasteiger partial charge in [0.05, 0.1) is 49.3 Å². The molecule has 0 aromatic heterocycles. The molecule has 2 bridgehead atoms. The van der Waals surface area contributed by atoms with E-state index >= 15 is 0 Å². The van der Waals surface area contributed by atoms with Crippen LogP contribution >= 0.6 is 0 Å². The molecule has 6 fully saturated rings. The van der Waals surface area contributed by atoms with E-state index in [0.29, 0.717) is 37.2 Å². The van der Waals surface area contributed by atoms with Crippen molar-refractivity contribution in [3.05, 3.63) is 24.3 Å². The van der Waals surface area contributed by atoms with Crippen LogP contribution in [-0.2, 0) is 33.2 Å². The molecule has 1 saturated carbocycles. The van der Waals surface area contributed by atoms with Gasteiger partial charge in [-0.15, -0.1) is 0 Å². The van der Waals surface area contributed by atoms with Crippen LogP contribution in [0.2, 0.25) is 0 Å². The number of rotatable bonds is 15. The Morgan fingerprint density at radius 3 is 2.52 bits per heavy atom. The summed E-state index contributed by atoms with van der Waals surface area (Å²) in [6.07, 6.45) is 4.35. The summed E-state index contributed by atoms with van der Waals surface area (Å²) in [6.45, 7) is 15.7. The summed E-state index contributed by atoms with van der Waals surface area (Å²) in [5.41, 5.74) is 2.59. The van der Waals surface area contributed by atoms with Gasteiger partial charge in [-0.2, -0.15) is 0 Å². The van der Waals surface area contributed by atoms with Gasteiger partial charge in [0, 0.05) is 38.9 Å². The molecule has 0 radical (unpaired) electrons. The molecule has 0 aromatic rings. The first-order valence-corrected chi connectivity index (χ1v) is 19.6. The second kappa shape index (κ2) is 16.9. The van der Waals surface area contributed by atoms with E-state index in [1.54, 1.807) is 7.11 Å². The van der Waals surface area contributed by atoms with Crippen molar-refractivity contribution in [3.63, 3.8) is 0 Å². The molecule has 6 rings (SSSR count). The first kappa shape index (κ1) is 38.5. The van der Waals surface area contributed by atoms with Crippen LogP contribution in [0, 0.1) is 29.6 Å². The normalized spacial score (nSPS) is 44.0. The van der Waals surface area contributed by atoms with Gasteiger partial charge < -0.3 is 43.7 Å². The number of fused-ring (bicyclic) bond motifs is 3.